The molecule has 0 spiro atoms. The van der Waals surface area contributed by atoms with E-state index in [9.17, 15) is 4.39 Å². The molecule has 0 saturated heterocycles. The fraction of sp³-hybridized carbons (Fsp3) is 0.364. The molecule has 4 nitrogen and oxygen atoms in total. The molecule has 1 aromatic heterocycles. The third-order valence-corrected chi connectivity index (χ3v) is 5.95. The number of ether oxygens (including phenoxy) is 1. The molecule has 0 bridgehead atoms. The summed E-state index contributed by atoms with van der Waals surface area (Å²) in [7, 11) is 0. The van der Waals surface area contributed by atoms with Crippen LogP contribution in [0.15, 0.2) is 47.6 Å². The molecule has 2 aromatic carbocycles. The average molecular weight is 434 g/mol. The van der Waals surface area contributed by atoms with Crippen molar-refractivity contribution in [1.29, 1.82) is 0 Å². The fourth-order valence-electron chi connectivity index (χ4n) is 2.86. The van der Waals surface area contributed by atoms with Crippen LogP contribution in [0.25, 0.3) is 0 Å². The number of hydrogen-bond acceptors (Lipinski definition) is 4. The normalized spacial score (nSPS) is 11.7. The van der Waals surface area contributed by atoms with Crippen LogP contribution in [0.2, 0.25) is 5.02 Å². The van der Waals surface area contributed by atoms with Crippen molar-refractivity contribution in [1.82, 2.24) is 14.8 Å². The van der Waals surface area contributed by atoms with Gasteiger partial charge in [0.2, 0.25) is 0 Å². The zero-order valence-electron chi connectivity index (χ0n) is 17.1. The molecule has 1 heterocycles. The van der Waals surface area contributed by atoms with Crippen molar-refractivity contribution in [2.75, 3.05) is 0 Å². The minimum Gasteiger partial charge on any atom is -0.486 e. The molecule has 154 valence electrons. The standard InChI is InChI=1S/C22H25ClFN3OS/c1-5-27-20(13-28-16-11-9-15(10-12-16)22(2,3)4)25-26-21(27)29-14-17-18(23)7-6-8-19(17)24/h6-12H,5,13-14H2,1-4H3. The van der Waals surface area contributed by atoms with E-state index in [0.29, 0.717) is 34.6 Å². The van der Waals surface area contributed by atoms with Crippen LogP contribution in [0.1, 0.15) is 44.6 Å². The maximum Gasteiger partial charge on any atom is 0.191 e. The highest BCUT2D eigenvalue weighted by Gasteiger charge is 2.16. The predicted molar refractivity (Wildman–Crippen MR) is 116 cm³/mol. The van der Waals surface area contributed by atoms with Crippen molar-refractivity contribution >= 4 is 23.4 Å². The van der Waals surface area contributed by atoms with Gasteiger partial charge in [-0.1, -0.05) is 62.3 Å². The monoisotopic (exact) mass is 433 g/mol. The first kappa shape index (κ1) is 21.7. The Kier molecular flexibility index (Phi) is 6.85. The Bertz CT molecular complexity index is 947. The zero-order chi connectivity index (χ0) is 21.0. The largest absolute Gasteiger partial charge is 0.486 e. The van der Waals surface area contributed by atoms with E-state index in [0.717, 1.165) is 11.6 Å². The molecule has 0 radical (unpaired) electrons. The number of hydrogen-bond donors (Lipinski definition) is 0. The molecule has 0 N–H and O–H groups in total. The Hall–Kier alpha value is -2.05. The lowest BCUT2D eigenvalue weighted by Crippen LogP contribution is -2.11. The summed E-state index contributed by atoms with van der Waals surface area (Å²) in [6, 6.07) is 12.8. The summed E-state index contributed by atoms with van der Waals surface area (Å²) in [6.45, 7) is 9.57. The lowest BCUT2D eigenvalue weighted by Gasteiger charge is -2.19. The molecule has 7 heteroatoms. The SMILES string of the molecule is CCn1c(COc2ccc(C(C)(C)C)cc2)nnc1SCc1c(F)cccc1Cl. The second-order valence-corrected chi connectivity index (χ2v) is 9.04. The molecule has 3 aromatic rings. The van der Waals surface area contributed by atoms with E-state index in [2.05, 4.69) is 43.1 Å². The van der Waals surface area contributed by atoms with Crippen molar-refractivity contribution in [3.63, 3.8) is 0 Å². The van der Waals surface area contributed by atoms with Crippen molar-refractivity contribution in [3.8, 4) is 5.75 Å². The van der Waals surface area contributed by atoms with Gasteiger partial charge < -0.3 is 9.30 Å². The molecular formula is C22H25ClFN3OS. The third-order valence-electron chi connectivity index (χ3n) is 4.61. The number of thioether (sulfide) groups is 1. The van der Waals surface area contributed by atoms with Crippen molar-refractivity contribution in [2.24, 2.45) is 0 Å². The molecule has 0 saturated carbocycles. The van der Waals surface area contributed by atoms with Crippen LogP contribution in [-0.4, -0.2) is 14.8 Å². The highest BCUT2D eigenvalue weighted by Crippen LogP contribution is 2.28. The summed E-state index contributed by atoms with van der Waals surface area (Å²) in [6.07, 6.45) is 0. The quantitative estimate of drug-likeness (QED) is 0.412. The molecule has 0 amide bonds. The van der Waals surface area contributed by atoms with Gasteiger partial charge in [-0.05, 0) is 42.2 Å². The lowest BCUT2D eigenvalue weighted by molar-refractivity contribution is 0.288. The highest BCUT2D eigenvalue weighted by molar-refractivity contribution is 7.98. The maximum absolute atomic E-state index is 14.0. The summed E-state index contributed by atoms with van der Waals surface area (Å²) in [5, 5.41) is 9.64. The minimum atomic E-state index is -0.310. The first-order valence-electron chi connectivity index (χ1n) is 9.50. The van der Waals surface area contributed by atoms with Gasteiger partial charge in [0, 0.05) is 22.9 Å². The minimum absolute atomic E-state index is 0.105. The molecule has 3 rings (SSSR count). The van der Waals surface area contributed by atoms with Crippen LogP contribution in [-0.2, 0) is 24.3 Å². The summed E-state index contributed by atoms with van der Waals surface area (Å²) >= 11 is 7.52. The number of nitrogens with zero attached hydrogens (tertiary/aromatic N) is 3. The van der Waals surface area contributed by atoms with Crippen molar-refractivity contribution in [3.05, 3.63) is 70.3 Å². The number of rotatable bonds is 7. The second-order valence-electron chi connectivity index (χ2n) is 7.70. The Balaban J connectivity index is 1.66. The van der Waals surface area contributed by atoms with Gasteiger partial charge in [-0.3, -0.25) is 0 Å². The fourth-order valence-corrected chi connectivity index (χ4v) is 4.22. The molecule has 0 atom stereocenters. The van der Waals surface area contributed by atoms with Crippen molar-refractivity contribution in [2.45, 2.75) is 57.2 Å². The molecule has 0 fully saturated rings. The summed E-state index contributed by atoms with van der Waals surface area (Å²) in [4.78, 5) is 0. The first-order chi connectivity index (χ1) is 13.8. The Morgan fingerprint density at radius 2 is 1.83 bits per heavy atom. The van der Waals surface area contributed by atoms with Crippen LogP contribution in [0.5, 0.6) is 5.75 Å². The predicted octanol–water partition coefficient (Wildman–Crippen LogP) is 6.26. The van der Waals surface area contributed by atoms with Crippen LogP contribution in [0, 0.1) is 5.82 Å². The number of halogens is 2. The summed E-state index contributed by atoms with van der Waals surface area (Å²) in [5.41, 5.74) is 1.84. The van der Waals surface area contributed by atoms with E-state index in [1.54, 1.807) is 12.1 Å². The number of benzene rings is 2. The van der Waals surface area contributed by atoms with Gasteiger partial charge in [0.05, 0.1) is 0 Å². The maximum atomic E-state index is 14.0. The van der Waals surface area contributed by atoms with E-state index in [-0.39, 0.29) is 11.2 Å². The van der Waals surface area contributed by atoms with E-state index in [1.807, 2.05) is 23.6 Å². The van der Waals surface area contributed by atoms with Crippen LogP contribution in [0.4, 0.5) is 4.39 Å². The zero-order valence-corrected chi connectivity index (χ0v) is 18.6. The van der Waals surface area contributed by atoms with Crippen LogP contribution < -0.4 is 4.74 Å². The Morgan fingerprint density at radius 3 is 2.45 bits per heavy atom. The van der Waals surface area contributed by atoms with Gasteiger partial charge in [-0.15, -0.1) is 10.2 Å². The smallest absolute Gasteiger partial charge is 0.191 e. The van der Waals surface area contributed by atoms with Gasteiger partial charge in [0.15, 0.2) is 11.0 Å². The third kappa shape index (κ3) is 5.31. The van der Waals surface area contributed by atoms with Crippen molar-refractivity contribution < 1.29 is 9.13 Å². The van der Waals surface area contributed by atoms with Gasteiger partial charge in [0.25, 0.3) is 0 Å². The molecule has 0 aliphatic heterocycles. The van der Waals surface area contributed by atoms with Gasteiger partial charge >= 0.3 is 0 Å². The Labute approximate surface area is 180 Å². The second kappa shape index (κ2) is 9.18. The average Bonchev–Trinajstić information content (AvgIpc) is 3.07. The molecule has 0 aliphatic carbocycles. The Morgan fingerprint density at radius 1 is 1.10 bits per heavy atom. The lowest BCUT2D eigenvalue weighted by atomic mass is 9.87. The van der Waals surface area contributed by atoms with E-state index >= 15 is 0 Å². The van der Waals surface area contributed by atoms with Gasteiger partial charge in [-0.2, -0.15) is 0 Å². The van der Waals surface area contributed by atoms with E-state index < -0.39 is 0 Å². The molecule has 0 unspecified atom stereocenters. The molecule has 0 aliphatic rings. The number of aromatic nitrogens is 3. The van der Waals surface area contributed by atoms with Gasteiger partial charge in [0.1, 0.15) is 18.2 Å². The van der Waals surface area contributed by atoms with E-state index in [4.69, 9.17) is 16.3 Å². The topological polar surface area (TPSA) is 39.9 Å². The summed E-state index contributed by atoms with van der Waals surface area (Å²) in [5.74, 6) is 1.60. The highest BCUT2D eigenvalue weighted by atomic mass is 35.5. The van der Waals surface area contributed by atoms with E-state index in [1.165, 1.54) is 23.4 Å². The van der Waals surface area contributed by atoms with Crippen LogP contribution in [0.3, 0.4) is 0 Å². The molecular weight excluding hydrogens is 409 g/mol. The van der Waals surface area contributed by atoms with Gasteiger partial charge in [-0.25, -0.2) is 4.39 Å². The molecule has 29 heavy (non-hydrogen) atoms. The summed E-state index contributed by atoms with van der Waals surface area (Å²) < 4.78 is 21.9. The first-order valence-corrected chi connectivity index (χ1v) is 10.9. The van der Waals surface area contributed by atoms with Crippen LogP contribution >= 0.6 is 23.4 Å².